The lowest BCUT2D eigenvalue weighted by atomic mass is 10.1. The van der Waals surface area contributed by atoms with Crippen molar-refractivity contribution in [3.05, 3.63) is 34.9 Å². The minimum atomic E-state index is -0.534. The van der Waals surface area contributed by atoms with E-state index in [1.165, 1.54) is 0 Å². The largest absolute Gasteiger partial charge is 0.389 e. The highest BCUT2D eigenvalue weighted by atomic mass is 35.5. The van der Waals surface area contributed by atoms with Crippen LogP contribution >= 0.6 is 11.6 Å². The summed E-state index contributed by atoms with van der Waals surface area (Å²) in [5, 5.41) is 9.66. The number of rotatable bonds is 1. The molecule has 0 bridgehead atoms. The molecule has 0 spiro atoms. The first kappa shape index (κ1) is 7.58. The van der Waals surface area contributed by atoms with E-state index in [1.54, 1.807) is 25.1 Å². The van der Waals surface area contributed by atoms with E-state index in [1.807, 2.05) is 0 Å². The van der Waals surface area contributed by atoms with Gasteiger partial charge in [0.25, 0.3) is 0 Å². The van der Waals surface area contributed by atoms with Crippen LogP contribution in [0.2, 0.25) is 5.02 Å². The van der Waals surface area contributed by atoms with Crippen molar-refractivity contribution >= 4 is 11.6 Å². The van der Waals surface area contributed by atoms with E-state index in [2.05, 4.69) is 6.07 Å². The van der Waals surface area contributed by atoms with Crippen LogP contribution in [0, 0.1) is 6.07 Å². The molecule has 1 nitrogen and oxygen atoms in total. The summed E-state index contributed by atoms with van der Waals surface area (Å²) in [6.45, 7) is 1.66. The molecule has 0 fully saturated rings. The summed E-state index contributed by atoms with van der Waals surface area (Å²) >= 11 is 5.73. The molecule has 0 heterocycles. The van der Waals surface area contributed by atoms with Gasteiger partial charge >= 0.3 is 0 Å². The Hall–Kier alpha value is -0.530. The van der Waals surface area contributed by atoms with Crippen LogP contribution in [0.4, 0.5) is 0 Å². The Morgan fingerprint density at radius 2 is 2.40 bits per heavy atom. The monoisotopic (exact) mass is 155 g/mol. The van der Waals surface area contributed by atoms with E-state index >= 15 is 0 Å². The summed E-state index contributed by atoms with van der Waals surface area (Å²) in [6.07, 6.45) is -0.534. The highest BCUT2D eigenvalue weighted by Gasteiger charge is 2.03. The maximum atomic E-state index is 9.09. The van der Waals surface area contributed by atoms with Gasteiger partial charge in [0.05, 0.1) is 6.10 Å². The lowest BCUT2D eigenvalue weighted by Gasteiger charge is -2.04. The molecule has 0 saturated carbocycles. The Balaban J connectivity index is 3.03. The number of hydrogen-bond acceptors (Lipinski definition) is 1. The Kier molecular flexibility index (Phi) is 2.30. The average molecular weight is 156 g/mol. The van der Waals surface area contributed by atoms with Crippen LogP contribution in [0.5, 0.6) is 0 Å². The van der Waals surface area contributed by atoms with Crippen LogP contribution < -0.4 is 0 Å². The highest BCUT2D eigenvalue weighted by Crippen LogP contribution is 2.20. The van der Waals surface area contributed by atoms with E-state index in [-0.39, 0.29) is 0 Å². The molecule has 1 atom stereocenters. The molecule has 1 N–H and O–H groups in total. The van der Waals surface area contributed by atoms with E-state index < -0.39 is 6.10 Å². The quantitative estimate of drug-likeness (QED) is 0.659. The van der Waals surface area contributed by atoms with E-state index in [0.717, 1.165) is 0 Å². The van der Waals surface area contributed by atoms with Crippen LogP contribution in [-0.4, -0.2) is 5.11 Å². The van der Waals surface area contributed by atoms with Gasteiger partial charge in [0.15, 0.2) is 0 Å². The first-order valence-corrected chi connectivity index (χ1v) is 3.44. The first-order chi connectivity index (χ1) is 4.72. The van der Waals surface area contributed by atoms with Crippen molar-refractivity contribution in [1.29, 1.82) is 0 Å². The Bertz CT molecular complexity index is 220. The molecule has 2 heteroatoms. The Labute approximate surface area is 65.3 Å². The molecule has 0 saturated heterocycles. The van der Waals surface area contributed by atoms with Crippen LogP contribution in [0.3, 0.4) is 0 Å². The molecular formula is C8H8ClO. The fourth-order valence-electron chi connectivity index (χ4n) is 0.749. The second kappa shape index (κ2) is 3.04. The molecule has 10 heavy (non-hydrogen) atoms. The Morgan fingerprint density at radius 3 is 2.80 bits per heavy atom. The number of hydrogen-bond donors (Lipinski definition) is 1. The van der Waals surface area contributed by atoms with Gasteiger partial charge in [-0.3, -0.25) is 0 Å². The molecule has 0 aliphatic carbocycles. The number of benzene rings is 1. The summed E-state index contributed by atoms with van der Waals surface area (Å²) in [7, 11) is 0. The molecule has 1 aromatic rings. The van der Waals surface area contributed by atoms with Crippen molar-refractivity contribution < 1.29 is 5.11 Å². The van der Waals surface area contributed by atoms with Gasteiger partial charge in [-0.15, -0.1) is 0 Å². The third-order valence-corrected chi connectivity index (χ3v) is 1.58. The highest BCUT2D eigenvalue weighted by molar-refractivity contribution is 6.31. The van der Waals surface area contributed by atoms with Gasteiger partial charge in [0, 0.05) is 10.6 Å². The molecule has 0 aromatic heterocycles. The van der Waals surface area contributed by atoms with Gasteiger partial charge in [-0.2, -0.15) is 0 Å². The smallest absolute Gasteiger partial charge is 0.0782 e. The minimum absolute atomic E-state index is 0.534. The van der Waals surface area contributed by atoms with Crippen LogP contribution in [-0.2, 0) is 0 Å². The summed E-state index contributed by atoms with van der Waals surface area (Å²) in [4.78, 5) is 0. The van der Waals surface area contributed by atoms with Gasteiger partial charge in [0.2, 0.25) is 0 Å². The normalized spacial score (nSPS) is 13.1. The third-order valence-electron chi connectivity index (χ3n) is 1.25. The van der Waals surface area contributed by atoms with Gasteiger partial charge in [0.1, 0.15) is 0 Å². The molecule has 0 amide bonds. The summed E-state index contributed by atoms with van der Waals surface area (Å²) < 4.78 is 0. The van der Waals surface area contributed by atoms with Crippen molar-refractivity contribution in [3.8, 4) is 0 Å². The maximum absolute atomic E-state index is 9.09. The molecule has 53 valence electrons. The average Bonchev–Trinajstić information content (AvgIpc) is 1.88. The summed E-state index contributed by atoms with van der Waals surface area (Å²) in [6, 6.07) is 8.11. The zero-order valence-corrected chi connectivity index (χ0v) is 6.39. The zero-order valence-electron chi connectivity index (χ0n) is 5.63. The molecule has 1 rings (SSSR count). The van der Waals surface area contributed by atoms with Crippen LogP contribution in [0.1, 0.15) is 18.6 Å². The lowest BCUT2D eigenvalue weighted by Crippen LogP contribution is -1.90. The molecule has 1 radical (unpaired) electrons. The van der Waals surface area contributed by atoms with Gasteiger partial charge in [-0.1, -0.05) is 23.7 Å². The number of aliphatic hydroxyl groups is 1. The molecule has 0 aliphatic heterocycles. The minimum Gasteiger partial charge on any atom is -0.389 e. The second-order valence-corrected chi connectivity index (χ2v) is 2.51. The van der Waals surface area contributed by atoms with Crippen molar-refractivity contribution in [1.82, 2.24) is 0 Å². The standard InChI is InChI=1S/C8H8ClO/c1-6(10)7-4-2-3-5-8(7)9/h2-3,5-6,10H,1H3. The Morgan fingerprint density at radius 1 is 1.70 bits per heavy atom. The molecule has 1 unspecified atom stereocenters. The SMILES string of the molecule is CC(O)c1[c]cccc1Cl. The van der Waals surface area contributed by atoms with E-state index in [9.17, 15) is 0 Å². The number of aliphatic hydroxyl groups excluding tert-OH is 1. The summed E-state index contributed by atoms with van der Waals surface area (Å²) in [5.74, 6) is 0. The zero-order chi connectivity index (χ0) is 7.56. The van der Waals surface area contributed by atoms with Crippen molar-refractivity contribution in [2.45, 2.75) is 13.0 Å². The maximum Gasteiger partial charge on any atom is 0.0782 e. The van der Waals surface area contributed by atoms with E-state index in [4.69, 9.17) is 16.7 Å². The third kappa shape index (κ3) is 1.49. The van der Waals surface area contributed by atoms with Crippen molar-refractivity contribution in [3.63, 3.8) is 0 Å². The van der Waals surface area contributed by atoms with E-state index in [0.29, 0.717) is 10.6 Å². The topological polar surface area (TPSA) is 20.2 Å². The van der Waals surface area contributed by atoms with Gasteiger partial charge in [-0.25, -0.2) is 0 Å². The van der Waals surface area contributed by atoms with Crippen LogP contribution in [0.15, 0.2) is 18.2 Å². The predicted molar refractivity (Wildman–Crippen MR) is 40.9 cm³/mol. The lowest BCUT2D eigenvalue weighted by molar-refractivity contribution is 0.199. The fraction of sp³-hybridized carbons (Fsp3) is 0.250. The van der Waals surface area contributed by atoms with Gasteiger partial charge < -0.3 is 5.11 Å². The number of halogens is 1. The predicted octanol–water partition coefficient (Wildman–Crippen LogP) is 2.19. The van der Waals surface area contributed by atoms with Gasteiger partial charge in [-0.05, 0) is 19.1 Å². The summed E-state index contributed by atoms with van der Waals surface area (Å²) in [5.41, 5.74) is 0.657. The second-order valence-electron chi connectivity index (χ2n) is 2.11. The molecule has 1 aromatic carbocycles. The molecular weight excluding hydrogens is 148 g/mol. The first-order valence-electron chi connectivity index (χ1n) is 3.06. The van der Waals surface area contributed by atoms with Crippen molar-refractivity contribution in [2.75, 3.05) is 0 Å². The van der Waals surface area contributed by atoms with Crippen molar-refractivity contribution in [2.24, 2.45) is 0 Å². The van der Waals surface area contributed by atoms with Crippen LogP contribution in [0.25, 0.3) is 0 Å². The fourth-order valence-corrected chi connectivity index (χ4v) is 1.03. The molecule has 0 aliphatic rings.